The normalized spacial score (nSPS) is 28.4. The molecule has 3 aliphatic carbocycles. The van der Waals surface area contributed by atoms with E-state index >= 15 is 0 Å². The molecule has 3 saturated carbocycles. The zero-order chi connectivity index (χ0) is 28.1. The zero-order valence-corrected chi connectivity index (χ0v) is 23.6. The van der Waals surface area contributed by atoms with E-state index in [1.807, 2.05) is 48.8 Å². The van der Waals surface area contributed by atoms with E-state index in [-0.39, 0.29) is 0 Å². The lowest BCUT2D eigenvalue weighted by Gasteiger charge is -2.50. The van der Waals surface area contributed by atoms with Crippen LogP contribution in [0.1, 0.15) is 87.2 Å². The third kappa shape index (κ3) is 3.48. The summed E-state index contributed by atoms with van der Waals surface area (Å²) in [4.78, 5) is 9.51. The Morgan fingerprint density at radius 2 is 1.05 bits per heavy atom. The Labute approximate surface area is 244 Å². The Hall–Kier alpha value is -3.62. The number of aliphatic hydroxyl groups excluding tert-OH is 2. The summed E-state index contributed by atoms with van der Waals surface area (Å²) in [5.41, 5.74) is 4.36. The van der Waals surface area contributed by atoms with Crippen molar-refractivity contribution in [2.24, 2.45) is 0 Å². The van der Waals surface area contributed by atoms with E-state index in [2.05, 4.69) is 10.6 Å². The molecule has 216 valence electrons. The molecule has 2 aliphatic heterocycles. The molecule has 2 aromatic heterocycles. The van der Waals surface area contributed by atoms with Crippen molar-refractivity contribution in [1.29, 1.82) is 0 Å². The maximum atomic E-state index is 11.9. The van der Waals surface area contributed by atoms with Crippen molar-refractivity contribution in [2.75, 3.05) is 10.6 Å². The summed E-state index contributed by atoms with van der Waals surface area (Å²) < 4.78 is 13.2. The Bertz CT molecular complexity index is 1590. The molecule has 8 nitrogen and oxygen atoms in total. The lowest BCUT2D eigenvalue weighted by atomic mass is 9.62. The summed E-state index contributed by atoms with van der Waals surface area (Å²) in [5.74, 6) is 0.690. The lowest BCUT2D eigenvalue weighted by Crippen LogP contribution is -2.54. The van der Waals surface area contributed by atoms with Crippen LogP contribution in [0.3, 0.4) is 0 Å². The smallest absolute Gasteiger partial charge is 0.180 e. The Morgan fingerprint density at radius 3 is 1.48 bits per heavy atom. The molecule has 0 unspecified atom stereocenters. The van der Waals surface area contributed by atoms with Crippen LogP contribution in [0.2, 0.25) is 0 Å². The number of hydrogen-bond donors (Lipinski definition) is 4. The highest BCUT2D eigenvalue weighted by atomic mass is 16.5. The van der Waals surface area contributed by atoms with Gasteiger partial charge in [-0.2, -0.15) is 0 Å². The van der Waals surface area contributed by atoms with Gasteiger partial charge in [0.05, 0.1) is 45.4 Å². The van der Waals surface area contributed by atoms with Crippen molar-refractivity contribution in [1.82, 2.24) is 9.97 Å². The van der Waals surface area contributed by atoms with E-state index in [0.29, 0.717) is 0 Å². The molecule has 4 N–H and O–H groups in total. The van der Waals surface area contributed by atoms with Crippen LogP contribution in [0.15, 0.2) is 48.8 Å². The van der Waals surface area contributed by atoms with Crippen LogP contribution >= 0.6 is 0 Å². The Kier molecular flexibility index (Phi) is 5.31. The number of pyridine rings is 2. The van der Waals surface area contributed by atoms with Crippen LogP contribution in [0.4, 0.5) is 11.4 Å². The maximum Gasteiger partial charge on any atom is 0.180 e. The number of benzene rings is 2. The maximum absolute atomic E-state index is 11.9. The molecular formula is C34H36N4O4. The van der Waals surface area contributed by atoms with E-state index < -0.39 is 35.5 Å². The number of hydrogen-bond acceptors (Lipinski definition) is 8. The quantitative estimate of drug-likeness (QED) is 0.224. The van der Waals surface area contributed by atoms with Crippen molar-refractivity contribution in [3.05, 3.63) is 59.9 Å². The van der Waals surface area contributed by atoms with Gasteiger partial charge in [-0.25, -0.2) is 0 Å². The van der Waals surface area contributed by atoms with Crippen LogP contribution in [-0.2, 0) is 0 Å². The second-order valence-corrected chi connectivity index (χ2v) is 13.1. The van der Waals surface area contributed by atoms with Gasteiger partial charge in [0, 0.05) is 61.0 Å². The molecule has 0 amide bonds. The van der Waals surface area contributed by atoms with Crippen molar-refractivity contribution >= 4 is 33.2 Å². The number of aliphatic hydroxyl groups is 2. The predicted molar refractivity (Wildman–Crippen MR) is 161 cm³/mol. The molecule has 0 atom stereocenters. The van der Waals surface area contributed by atoms with Crippen LogP contribution in [0.5, 0.6) is 11.5 Å². The van der Waals surface area contributed by atoms with E-state index in [4.69, 9.17) is 19.4 Å². The van der Waals surface area contributed by atoms with Crippen LogP contribution in [0, 0.1) is 0 Å². The average Bonchev–Trinajstić information content (AvgIpc) is 3.00. The van der Waals surface area contributed by atoms with Crippen LogP contribution < -0.4 is 20.1 Å². The summed E-state index contributed by atoms with van der Waals surface area (Å²) >= 11 is 0. The first-order valence-electron chi connectivity index (χ1n) is 15.7. The molecule has 0 bridgehead atoms. The molecule has 3 fully saturated rings. The second kappa shape index (κ2) is 8.94. The highest BCUT2D eigenvalue weighted by molar-refractivity contribution is 6.00. The topological polar surface area (TPSA) is 109 Å². The monoisotopic (exact) mass is 564 g/mol. The van der Waals surface area contributed by atoms with Crippen molar-refractivity contribution in [3.8, 4) is 11.5 Å². The first-order valence-corrected chi connectivity index (χ1v) is 15.7. The van der Waals surface area contributed by atoms with E-state index in [1.165, 1.54) is 12.8 Å². The molecule has 4 aromatic rings. The van der Waals surface area contributed by atoms with Gasteiger partial charge in [0.25, 0.3) is 0 Å². The average molecular weight is 565 g/mol. The fraction of sp³-hybridized carbons (Fsp3) is 0.471. The SMILES string of the molecule is OC1C(c2cnc3cccc4c3c2NC2(CCCCC2)O4)C(O)C1c1cnc2cccc3c2c1NC1(CCCCC1)O3. The van der Waals surface area contributed by atoms with E-state index in [1.54, 1.807) is 0 Å². The molecule has 42 heavy (non-hydrogen) atoms. The van der Waals surface area contributed by atoms with Crippen LogP contribution in [-0.4, -0.2) is 43.8 Å². The highest BCUT2D eigenvalue weighted by Crippen LogP contribution is 2.56. The minimum atomic E-state index is -0.802. The number of rotatable bonds is 2. The third-order valence-electron chi connectivity index (χ3n) is 10.6. The van der Waals surface area contributed by atoms with E-state index in [0.717, 1.165) is 107 Å². The van der Waals surface area contributed by atoms with Crippen molar-refractivity contribution in [3.63, 3.8) is 0 Å². The number of nitrogens with zero attached hydrogens (tertiary/aromatic N) is 2. The lowest BCUT2D eigenvalue weighted by molar-refractivity contribution is -0.0785. The minimum Gasteiger partial charge on any atom is -0.467 e. The summed E-state index contributed by atoms with van der Waals surface area (Å²) in [6.45, 7) is 0. The molecule has 5 aliphatic rings. The number of ether oxygens (including phenoxy) is 2. The summed E-state index contributed by atoms with van der Waals surface area (Å²) in [6, 6.07) is 12.0. The molecule has 2 spiro atoms. The molecule has 9 rings (SSSR count). The first-order chi connectivity index (χ1) is 20.5. The number of nitrogens with one attached hydrogen (secondary N) is 2. The van der Waals surface area contributed by atoms with Crippen LogP contribution in [0.25, 0.3) is 21.8 Å². The molecule has 8 heteroatoms. The van der Waals surface area contributed by atoms with Gasteiger partial charge in [-0.1, -0.05) is 25.0 Å². The zero-order valence-electron chi connectivity index (χ0n) is 23.6. The summed E-state index contributed by atoms with van der Waals surface area (Å²) in [5, 5.41) is 33.1. The summed E-state index contributed by atoms with van der Waals surface area (Å²) in [6.07, 6.45) is 12.6. The second-order valence-electron chi connectivity index (χ2n) is 13.1. The van der Waals surface area contributed by atoms with Gasteiger partial charge in [-0.15, -0.1) is 0 Å². The number of anilines is 2. The largest absolute Gasteiger partial charge is 0.467 e. The van der Waals surface area contributed by atoms with Gasteiger partial charge < -0.3 is 30.3 Å². The van der Waals surface area contributed by atoms with Gasteiger partial charge in [-0.3, -0.25) is 9.97 Å². The van der Waals surface area contributed by atoms with Crippen molar-refractivity contribution in [2.45, 2.75) is 99.7 Å². The molecule has 0 saturated heterocycles. The standard InChI is InChI=1S/C34H36N4O4/c39-31-25(19-17-35-21-9-7-11-23-27(21)29(19)37-33(41-23)13-3-1-4-14-33)32(40)26(31)20-18-36-22-10-8-12-24-28(22)30(20)38-34(42-24)15-5-2-6-16-34/h7-12,17-18,25-26,31-32,37-40H,1-6,13-16H2. The fourth-order valence-corrected chi connectivity index (χ4v) is 8.47. The number of aromatic nitrogens is 2. The van der Waals surface area contributed by atoms with Gasteiger partial charge in [0.1, 0.15) is 11.5 Å². The van der Waals surface area contributed by atoms with E-state index in [9.17, 15) is 10.2 Å². The first kappa shape index (κ1) is 24.9. The van der Waals surface area contributed by atoms with Gasteiger partial charge in [0.2, 0.25) is 0 Å². The van der Waals surface area contributed by atoms with Gasteiger partial charge in [-0.05, 0) is 49.9 Å². The van der Waals surface area contributed by atoms with Crippen molar-refractivity contribution < 1.29 is 19.7 Å². The Balaban J connectivity index is 1.12. The molecular weight excluding hydrogens is 528 g/mol. The van der Waals surface area contributed by atoms with Gasteiger partial charge in [0.15, 0.2) is 11.4 Å². The Morgan fingerprint density at radius 1 is 0.619 bits per heavy atom. The third-order valence-corrected chi connectivity index (χ3v) is 10.6. The minimum absolute atomic E-state index is 0.463. The fourth-order valence-electron chi connectivity index (χ4n) is 8.47. The summed E-state index contributed by atoms with van der Waals surface area (Å²) in [7, 11) is 0. The highest BCUT2D eigenvalue weighted by Gasteiger charge is 2.54. The molecule has 2 aromatic carbocycles. The predicted octanol–water partition coefficient (Wildman–Crippen LogP) is 6.32. The molecule has 0 radical (unpaired) electrons. The van der Waals surface area contributed by atoms with Gasteiger partial charge >= 0.3 is 0 Å². The molecule has 4 heterocycles.